The van der Waals surface area contributed by atoms with E-state index in [0.29, 0.717) is 17.7 Å². The van der Waals surface area contributed by atoms with Gasteiger partial charge in [-0.15, -0.1) is 0 Å². The molecule has 0 unspecified atom stereocenters. The first kappa shape index (κ1) is 47.6. The van der Waals surface area contributed by atoms with E-state index in [1.54, 1.807) is 37.3 Å². The Kier molecular flexibility index (Phi) is 16.8. The molecule has 1 aliphatic carbocycles. The molecule has 264 valence electrons. The number of nitrogens with zero attached hydrogens (tertiary/aromatic N) is 1. The van der Waals surface area contributed by atoms with Gasteiger partial charge in [0, 0.05) is 34.0 Å². The van der Waals surface area contributed by atoms with Gasteiger partial charge in [-0.05, 0) is 67.1 Å². The van der Waals surface area contributed by atoms with Crippen LogP contribution in [0.3, 0.4) is 0 Å². The van der Waals surface area contributed by atoms with Crippen molar-refractivity contribution in [2.24, 2.45) is 4.99 Å². The van der Waals surface area contributed by atoms with E-state index in [1.807, 2.05) is 0 Å². The van der Waals surface area contributed by atoms with Crippen LogP contribution in [0.2, 0.25) is 0 Å². The van der Waals surface area contributed by atoms with Gasteiger partial charge in [-0.2, -0.15) is 4.99 Å². The van der Waals surface area contributed by atoms with Crippen molar-refractivity contribution in [3.05, 3.63) is 108 Å². The molecule has 16 nitrogen and oxygen atoms in total. The molecule has 1 aliphatic rings. The average Bonchev–Trinajstić information content (AvgIpc) is 3.04. The molecule has 22 heteroatoms. The standard InChI is InChI=1S/C32H25N3O13S3.3Na/c1-18-10-11-20(15-26(18)35-30(36)19-6-5-7-21(14-19)33-32(38)48-22-8-3-2-4-9-22)31(37)34-25-12-13-27(50(42,43)44)24-16-23(49(39,40)41)17-28(29(24)25)51(45,46)47;;;/h2-13,15-17H,14H2,1H3,(H,34,37)(H,35,36)(H,39,40,41)(H,42,43,44)(H,45,46,47);;;/q;3*+1/p-3. The number of para-hydroxylation sites is 1. The molecule has 4 aromatic rings. The van der Waals surface area contributed by atoms with Crippen LogP contribution in [0, 0.1) is 6.92 Å². The van der Waals surface area contributed by atoms with Gasteiger partial charge in [-0.3, -0.25) is 9.59 Å². The maximum atomic E-state index is 13.4. The van der Waals surface area contributed by atoms with E-state index in [4.69, 9.17) is 4.74 Å². The van der Waals surface area contributed by atoms with E-state index in [2.05, 4.69) is 15.6 Å². The molecular formula is C32H22N3Na3O13S3. The summed E-state index contributed by atoms with van der Waals surface area (Å²) in [5, 5.41) is 3.19. The molecule has 0 spiro atoms. The van der Waals surface area contributed by atoms with Gasteiger partial charge in [-0.25, -0.2) is 30.0 Å². The number of aliphatic imine (C=N–C) groups is 1. The minimum atomic E-state index is -5.65. The fraction of sp³-hybridized carbons (Fsp3) is 0.0625. The molecule has 0 aliphatic heterocycles. The second-order valence-corrected chi connectivity index (χ2v) is 14.8. The number of benzene rings is 4. The fourth-order valence-electron chi connectivity index (χ4n) is 4.90. The summed E-state index contributed by atoms with van der Waals surface area (Å²) in [6.45, 7) is 1.61. The molecule has 0 fully saturated rings. The number of nitrogens with one attached hydrogen (secondary N) is 2. The van der Waals surface area contributed by atoms with Crippen molar-refractivity contribution in [3.8, 4) is 5.75 Å². The number of carbonyl (C=O) groups is 3. The van der Waals surface area contributed by atoms with Crippen LogP contribution in [-0.2, 0) is 35.1 Å². The predicted molar refractivity (Wildman–Crippen MR) is 177 cm³/mol. The molecule has 0 bridgehead atoms. The van der Waals surface area contributed by atoms with Crippen LogP contribution < -0.4 is 104 Å². The number of anilines is 2. The van der Waals surface area contributed by atoms with E-state index in [9.17, 15) is 53.3 Å². The van der Waals surface area contributed by atoms with Crippen molar-refractivity contribution in [1.29, 1.82) is 0 Å². The van der Waals surface area contributed by atoms with Gasteiger partial charge in [-0.1, -0.05) is 36.4 Å². The fourth-order valence-corrected chi connectivity index (χ4v) is 6.91. The zero-order chi connectivity index (χ0) is 37.3. The van der Waals surface area contributed by atoms with Crippen molar-refractivity contribution >= 4 is 76.1 Å². The number of fused-ring (bicyclic) bond motifs is 1. The largest absolute Gasteiger partial charge is 1.00 e. The molecule has 0 radical (unpaired) electrons. The topological polar surface area (TPSA) is 268 Å². The molecular weight excluding hydrogens is 800 g/mol. The van der Waals surface area contributed by atoms with Gasteiger partial charge in [0.15, 0.2) is 0 Å². The monoisotopic (exact) mass is 821 g/mol. The minimum absolute atomic E-state index is 0. The Labute approximate surface area is 375 Å². The number of ether oxygens (including phenoxy) is 1. The number of rotatable bonds is 8. The summed E-state index contributed by atoms with van der Waals surface area (Å²) < 4.78 is 113. The number of allylic oxidation sites excluding steroid dienone is 3. The van der Waals surface area contributed by atoms with E-state index in [-0.39, 0.29) is 129 Å². The van der Waals surface area contributed by atoms with Crippen LogP contribution in [0.15, 0.2) is 116 Å². The Balaban J connectivity index is 0.00000336. The van der Waals surface area contributed by atoms with E-state index >= 15 is 0 Å². The smallest absolute Gasteiger partial charge is 0.744 e. The third-order valence-corrected chi connectivity index (χ3v) is 9.84. The van der Waals surface area contributed by atoms with E-state index in [0.717, 1.165) is 6.07 Å². The summed E-state index contributed by atoms with van der Waals surface area (Å²) in [6.07, 6.45) is 3.57. The quantitative estimate of drug-likeness (QED) is 0.124. The minimum Gasteiger partial charge on any atom is -0.744 e. The number of amides is 3. The molecule has 0 saturated heterocycles. The molecule has 0 saturated carbocycles. The van der Waals surface area contributed by atoms with Crippen molar-refractivity contribution in [2.45, 2.75) is 28.0 Å². The summed E-state index contributed by atoms with van der Waals surface area (Å²) in [5.74, 6) is -1.32. The van der Waals surface area contributed by atoms with Crippen LogP contribution in [0.25, 0.3) is 10.8 Å². The molecule has 2 N–H and O–H groups in total. The van der Waals surface area contributed by atoms with Crippen LogP contribution in [-0.4, -0.2) is 62.5 Å². The summed E-state index contributed by atoms with van der Waals surface area (Å²) in [6, 6.07) is 14.3. The van der Waals surface area contributed by atoms with Crippen molar-refractivity contribution in [3.63, 3.8) is 0 Å². The number of carbonyl (C=O) groups excluding carboxylic acids is 3. The van der Waals surface area contributed by atoms with Crippen molar-refractivity contribution in [1.82, 2.24) is 0 Å². The molecule has 0 aromatic heterocycles. The summed E-state index contributed by atoms with van der Waals surface area (Å²) in [4.78, 5) is 38.9. The maximum absolute atomic E-state index is 13.4. The van der Waals surface area contributed by atoms with Crippen LogP contribution >= 0.6 is 0 Å². The average molecular weight is 822 g/mol. The molecule has 54 heavy (non-hydrogen) atoms. The molecule has 4 aromatic carbocycles. The van der Waals surface area contributed by atoms with Crippen molar-refractivity contribution in [2.75, 3.05) is 10.6 Å². The Hall–Kier alpha value is -2.57. The Morgan fingerprint density at radius 3 is 1.96 bits per heavy atom. The third-order valence-electron chi connectivity index (χ3n) is 7.27. The first-order valence-corrected chi connectivity index (χ1v) is 18.5. The molecule has 0 heterocycles. The Morgan fingerprint density at radius 1 is 0.722 bits per heavy atom. The first-order chi connectivity index (χ1) is 23.8. The first-order valence-electron chi connectivity index (χ1n) is 14.2. The van der Waals surface area contributed by atoms with Gasteiger partial charge in [0.05, 0.1) is 26.1 Å². The Bertz CT molecular complexity index is 2580. The summed E-state index contributed by atoms with van der Waals surface area (Å²) in [7, 11) is -16.6. The number of hydrogen-bond donors (Lipinski definition) is 2. The van der Waals surface area contributed by atoms with Gasteiger partial charge >= 0.3 is 94.8 Å². The second-order valence-electron chi connectivity index (χ2n) is 10.8. The molecule has 5 rings (SSSR count). The van der Waals surface area contributed by atoms with Gasteiger partial charge in [0.2, 0.25) is 0 Å². The van der Waals surface area contributed by atoms with Crippen LogP contribution in [0.1, 0.15) is 22.3 Å². The van der Waals surface area contributed by atoms with E-state index < -0.39 is 79.4 Å². The molecule has 3 amide bonds. The summed E-state index contributed by atoms with van der Waals surface area (Å²) >= 11 is 0. The Morgan fingerprint density at radius 2 is 1.35 bits per heavy atom. The van der Waals surface area contributed by atoms with Crippen molar-refractivity contribution < 1.29 is 147 Å². The van der Waals surface area contributed by atoms with Gasteiger partial charge in [0.1, 0.15) is 36.1 Å². The number of hydrogen-bond acceptors (Lipinski definition) is 13. The third kappa shape index (κ3) is 11.7. The second kappa shape index (κ2) is 19.0. The molecule has 0 atom stereocenters. The SMILES string of the molecule is Cc1ccc(C(=O)Nc2ccc(S(=O)(=O)[O-])c3cc(S(=O)(=O)[O-])cc(S(=O)(=O)[O-])c23)cc1NC(=O)C1=CC=CC(=NC(=O)Oc2ccccc2)C1.[Na+].[Na+].[Na+]. The van der Waals surface area contributed by atoms with E-state index in [1.165, 1.54) is 36.4 Å². The predicted octanol–water partition coefficient (Wildman–Crippen LogP) is -5.41. The van der Waals surface area contributed by atoms with Crippen LogP contribution in [0.5, 0.6) is 5.75 Å². The number of aryl methyl sites for hydroxylation is 1. The van der Waals surface area contributed by atoms with Crippen LogP contribution in [0.4, 0.5) is 16.2 Å². The zero-order valence-electron chi connectivity index (χ0n) is 28.8. The summed E-state index contributed by atoms with van der Waals surface area (Å²) in [5.41, 5.74) is 0.400. The maximum Gasteiger partial charge on any atom is 1.00 e. The normalized spacial score (nSPS) is 13.4. The van der Waals surface area contributed by atoms with Gasteiger partial charge < -0.3 is 29.0 Å². The zero-order valence-corrected chi connectivity index (χ0v) is 37.3. The van der Waals surface area contributed by atoms with Gasteiger partial charge in [0.25, 0.3) is 11.8 Å².